The number of carbonyl (C=O) groups excluding carboxylic acids is 2. The summed E-state index contributed by atoms with van der Waals surface area (Å²) in [7, 11) is 4.90. The second-order valence-corrected chi connectivity index (χ2v) is 7.40. The van der Waals surface area contributed by atoms with E-state index < -0.39 is 5.60 Å². The van der Waals surface area contributed by atoms with Gasteiger partial charge < -0.3 is 19.3 Å². The molecule has 2 amide bonds. The molecule has 0 aliphatic carbocycles. The summed E-state index contributed by atoms with van der Waals surface area (Å²) in [6, 6.07) is 12.0. The molecule has 7 heteroatoms. The summed E-state index contributed by atoms with van der Waals surface area (Å²) in [6.45, 7) is 0.959. The lowest BCUT2D eigenvalue weighted by Crippen LogP contribution is -2.62. The molecule has 0 bridgehead atoms. The van der Waals surface area contributed by atoms with Crippen molar-refractivity contribution in [2.45, 2.75) is 12.0 Å². The van der Waals surface area contributed by atoms with E-state index in [1.165, 1.54) is 12.0 Å². The molecule has 1 aromatic carbocycles. The molecule has 1 atom stereocenters. The highest BCUT2D eigenvalue weighted by Gasteiger charge is 2.45. The number of aromatic nitrogens is 1. The number of likely N-dealkylation sites (N-methyl/N-ethyl adjacent to an activating group) is 1. The standard InChI is InChI=1S/C22H27N3O4/c1-24(2)21(27)22(16-25(12-13-29-22)20(26)15-28-3)14-17-4-6-18(7-5-17)19-8-10-23-11-9-19/h4-11H,12-16H2,1-3H3. The molecule has 0 spiro atoms. The largest absolute Gasteiger partial charge is 0.375 e. The first-order valence-electron chi connectivity index (χ1n) is 9.57. The predicted molar refractivity (Wildman–Crippen MR) is 109 cm³/mol. The van der Waals surface area contributed by atoms with E-state index in [0.29, 0.717) is 19.6 Å². The summed E-state index contributed by atoms with van der Waals surface area (Å²) < 4.78 is 11.0. The van der Waals surface area contributed by atoms with Gasteiger partial charge in [-0.05, 0) is 28.8 Å². The molecule has 1 fully saturated rings. The van der Waals surface area contributed by atoms with Gasteiger partial charge >= 0.3 is 0 Å². The summed E-state index contributed by atoms with van der Waals surface area (Å²) in [5, 5.41) is 0. The minimum Gasteiger partial charge on any atom is -0.375 e. The number of nitrogens with zero attached hydrogens (tertiary/aromatic N) is 3. The van der Waals surface area contributed by atoms with Crippen LogP contribution in [0.4, 0.5) is 0 Å². The van der Waals surface area contributed by atoms with E-state index in [2.05, 4.69) is 4.98 Å². The van der Waals surface area contributed by atoms with E-state index in [9.17, 15) is 9.59 Å². The summed E-state index contributed by atoms with van der Waals surface area (Å²) in [6.07, 6.45) is 3.91. The molecule has 29 heavy (non-hydrogen) atoms. The van der Waals surface area contributed by atoms with Gasteiger partial charge in [0.05, 0.1) is 13.2 Å². The van der Waals surface area contributed by atoms with E-state index >= 15 is 0 Å². The molecule has 0 radical (unpaired) electrons. The molecule has 0 saturated carbocycles. The lowest BCUT2D eigenvalue weighted by atomic mass is 9.90. The van der Waals surface area contributed by atoms with Crippen molar-refractivity contribution in [2.75, 3.05) is 47.5 Å². The van der Waals surface area contributed by atoms with Crippen LogP contribution in [0.25, 0.3) is 11.1 Å². The fourth-order valence-electron chi connectivity index (χ4n) is 3.62. The molecular formula is C22H27N3O4. The number of ether oxygens (including phenoxy) is 2. The third-order valence-electron chi connectivity index (χ3n) is 5.06. The van der Waals surface area contributed by atoms with Crippen LogP contribution in [0.5, 0.6) is 0 Å². The first-order chi connectivity index (χ1) is 13.9. The van der Waals surface area contributed by atoms with E-state index in [1.54, 1.807) is 31.4 Å². The second-order valence-electron chi connectivity index (χ2n) is 7.40. The number of pyridine rings is 1. The van der Waals surface area contributed by atoms with Gasteiger partial charge in [-0.3, -0.25) is 14.6 Å². The van der Waals surface area contributed by atoms with Crippen molar-refractivity contribution in [3.05, 3.63) is 54.4 Å². The van der Waals surface area contributed by atoms with E-state index in [-0.39, 0.29) is 25.0 Å². The highest BCUT2D eigenvalue weighted by atomic mass is 16.5. The maximum Gasteiger partial charge on any atom is 0.256 e. The Morgan fingerprint density at radius 3 is 2.41 bits per heavy atom. The number of rotatable bonds is 6. The first kappa shape index (κ1) is 21.0. The van der Waals surface area contributed by atoms with Crippen molar-refractivity contribution in [3.63, 3.8) is 0 Å². The molecule has 154 valence electrons. The summed E-state index contributed by atoms with van der Waals surface area (Å²) in [4.78, 5) is 32.6. The maximum atomic E-state index is 13.1. The monoisotopic (exact) mass is 397 g/mol. The van der Waals surface area contributed by atoms with Gasteiger partial charge in [0.2, 0.25) is 5.91 Å². The molecule has 1 unspecified atom stereocenters. The fourth-order valence-corrected chi connectivity index (χ4v) is 3.62. The quantitative estimate of drug-likeness (QED) is 0.741. The number of amides is 2. The normalized spacial score (nSPS) is 19.1. The molecule has 1 saturated heterocycles. The van der Waals surface area contributed by atoms with Crippen LogP contribution in [0.1, 0.15) is 5.56 Å². The fraction of sp³-hybridized carbons (Fsp3) is 0.409. The zero-order chi connectivity index (χ0) is 20.9. The highest BCUT2D eigenvalue weighted by molar-refractivity contribution is 5.87. The van der Waals surface area contributed by atoms with Crippen molar-refractivity contribution >= 4 is 11.8 Å². The van der Waals surface area contributed by atoms with E-state index in [4.69, 9.17) is 9.47 Å². The SMILES string of the molecule is COCC(=O)N1CCOC(Cc2ccc(-c3ccncc3)cc2)(C(=O)N(C)C)C1. The van der Waals surface area contributed by atoms with E-state index in [1.807, 2.05) is 36.4 Å². The van der Waals surface area contributed by atoms with Gasteiger partial charge in [-0.15, -0.1) is 0 Å². The first-order valence-corrected chi connectivity index (χ1v) is 9.57. The lowest BCUT2D eigenvalue weighted by molar-refractivity contribution is -0.173. The topological polar surface area (TPSA) is 72.0 Å². The van der Waals surface area contributed by atoms with E-state index in [0.717, 1.165) is 16.7 Å². The smallest absolute Gasteiger partial charge is 0.256 e. The molecule has 0 N–H and O–H groups in total. The number of morpholine rings is 1. The highest BCUT2D eigenvalue weighted by Crippen LogP contribution is 2.27. The number of hydrogen-bond acceptors (Lipinski definition) is 5. The molecule has 1 aliphatic rings. The third kappa shape index (κ3) is 4.81. The average Bonchev–Trinajstić information content (AvgIpc) is 2.74. The molecular weight excluding hydrogens is 370 g/mol. The summed E-state index contributed by atoms with van der Waals surface area (Å²) >= 11 is 0. The van der Waals surface area contributed by atoms with Crippen molar-refractivity contribution in [2.24, 2.45) is 0 Å². The minimum absolute atomic E-state index is 0.00708. The van der Waals surface area contributed by atoms with Crippen molar-refractivity contribution in [3.8, 4) is 11.1 Å². The Hall–Kier alpha value is -2.77. The molecule has 1 aliphatic heterocycles. The van der Waals surface area contributed by atoms with Crippen LogP contribution in [-0.4, -0.2) is 79.7 Å². The number of hydrogen-bond donors (Lipinski definition) is 0. The Morgan fingerprint density at radius 1 is 1.14 bits per heavy atom. The van der Waals surface area contributed by atoms with Crippen LogP contribution >= 0.6 is 0 Å². The summed E-state index contributed by atoms with van der Waals surface area (Å²) in [5.74, 6) is -0.287. The molecule has 3 rings (SSSR count). The lowest BCUT2D eigenvalue weighted by Gasteiger charge is -2.42. The van der Waals surface area contributed by atoms with Crippen LogP contribution in [0.15, 0.2) is 48.8 Å². The van der Waals surface area contributed by atoms with Gasteiger partial charge in [-0.1, -0.05) is 24.3 Å². The Balaban J connectivity index is 1.84. The number of methoxy groups -OCH3 is 1. The van der Waals surface area contributed by atoms with Gasteiger partial charge in [0, 0.05) is 46.6 Å². The minimum atomic E-state index is -1.11. The van der Waals surface area contributed by atoms with Crippen LogP contribution < -0.4 is 0 Å². The molecule has 1 aromatic heterocycles. The van der Waals surface area contributed by atoms with Crippen LogP contribution in [-0.2, 0) is 25.5 Å². The van der Waals surface area contributed by atoms with Crippen molar-refractivity contribution in [1.82, 2.24) is 14.8 Å². The van der Waals surface area contributed by atoms with Crippen molar-refractivity contribution < 1.29 is 19.1 Å². The van der Waals surface area contributed by atoms with Gasteiger partial charge in [0.15, 0.2) is 5.60 Å². The van der Waals surface area contributed by atoms with Crippen LogP contribution in [0, 0.1) is 0 Å². The Labute approximate surface area is 171 Å². The van der Waals surface area contributed by atoms with Gasteiger partial charge in [-0.2, -0.15) is 0 Å². The Bertz CT molecular complexity index is 839. The van der Waals surface area contributed by atoms with Crippen LogP contribution in [0.3, 0.4) is 0 Å². The zero-order valence-electron chi connectivity index (χ0n) is 17.1. The number of carbonyl (C=O) groups is 2. The molecule has 2 aromatic rings. The molecule has 7 nitrogen and oxygen atoms in total. The third-order valence-corrected chi connectivity index (χ3v) is 5.06. The predicted octanol–water partition coefficient (Wildman–Crippen LogP) is 1.62. The van der Waals surface area contributed by atoms with Gasteiger partial charge in [0.1, 0.15) is 6.61 Å². The average molecular weight is 397 g/mol. The van der Waals surface area contributed by atoms with Crippen LogP contribution in [0.2, 0.25) is 0 Å². The summed E-state index contributed by atoms with van der Waals surface area (Å²) in [5.41, 5.74) is 2.02. The zero-order valence-corrected chi connectivity index (χ0v) is 17.1. The number of benzene rings is 1. The second kappa shape index (κ2) is 9.15. The Morgan fingerprint density at radius 2 is 1.79 bits per heavy atom. The Kier molecular flexibility index (Phi) is 6.61. The van der Waals surface area contributed by atoms with Gasteiger partial charge in [-0.25, -0.2) is 0 Å². The van der Waals surface area contributed by atoms with Gasteiger partial charge in [0.25, 0.3) is 5.91 Å². The maximum absolute atomic E-state index is 13.1. The van der Waals surface area contributed by atoms with Crippen molar-refractivity contribution in [1.29, 1.82) is 0 Å². The molecule has 2 heterocycles.